The van der Waals surface area contributed by atoms with E-state index >= 15 is 0 Å². The van der Waals surface area contributed by atoms with Gasteiger partial charge in [0.1, 0.15) is 0 Å². The van der Waals surface area contributed by atoms with Crippen molar-refractivity contribution in [2.24, 2.45) is 7.05 Å². The maximum absolute atomic E-state index is 4.15. The molecule has 2 rings (SSSR count). The molecule has 4 heteroatoms. The second-order valence-electron chi connectivity index (χ2n) is 3.78. The highest BCUT2D eigenvalue weighted by atomic mass is 32.1. The third-order valence-corrected chi connectivity index (χ3v) is 3.54. The van der Waals surface area contributed by atoms with E-state index in [0.717, 1.165) is 25.9 Å². The van der Waals surface area contributed by atoms with Gasteiger partial charge in [0.15, 0.2) is 0 Å². The van der Waals surface area contributed by atoms with Gasteiger partial charge < -0.3 is 5.32 Å². The summed E-state index contributed by atoms with van der Waals surface area (Å²) >= 11 is 1.83. The van der Waals surface area contributed by atoms with Gasteiger partial charge in [-0.15, -0.1) is 11.3 Å². The zero-order valence-corrected chi connectivity index (χ0v) is 10.3. The Labute approximate surface area is 100 Å². The molecular weight excluding hydrogens is 218 g/mol. The van der Waals surface area contributed by atoms with E-state index in [1.165, 1.54) is 10.6 Å². The lowest BCUT2D eigenvalue weighted by molar-refractivity contribution is 0.643. The molecule has 2 aromatic rings. The Morgan fingerprint density at radius 2 is 2.19 bits per heavy atom. The number of hydrogen-bond donors (Lipinski definition) is 1. The zero-order valence-electron chi connectivity index (χ0n) is 9.52. The normalized spacial score (nSPS) is 10.8. The lowest BCUT2D eigenvalue weighted by Crippen LogP contribution is -2.20. The minimum Gasteiger partial charge on any atom is -0.316 e. The lowest BCUT2D eigenvalue weighted by atomic mass is 10.3. The van der Waals surface area contributed by atoms with Gasteiger partial charge in [0.25, 0.3) is 0 Å². The molecule has 2 aromatic heterocycles. The average molecular weight is 235 g/mol. The van der Waals surface area contributed by atoms with Crippen molar-refractivity contribution >= 4 is 11.3 Å². The molecule has 0 radical (unpaired) electrons. The van der Waals surface area contributed by atoms with Crippen molar-refractivity contribution in [1.29, 1.82) is 0 Å². The lowest BCUT2D eigenvalue weighted by Gasteiger charge is -2.04. The van der Waals surface area contributed by atoms with Crippen molar-refractivity contribution in [3.63, 3.8) is 0 Å². The highest BCUT2D eigenvalue weighted by Gasteiger charge is 1.98. The molecule has 0 atom stereocenters. The van der Waals surface area contributed by atoms with E-state index in [2.05, 4.69) is 34.0 Å². The highest BCUT2D eigenvalue weighted by molar-refractivity contribution is 7.09. The van der Waals surface area contributed by atoms with Gasteiger partial charge in [-0.3, -0.25) is 4.68 Å². The second kappa shape index (κ2) is 5.82. The first kappa shape index (κ1) is 11.4. The van der Waals surface area contributed by atoms with Crippen molar-refractivity contribution in [1.82, 2.24) is 15.1 Å². The molecule has 0 aliphatic carbocycles. The van der Waals surface area contributed by atoms with Crippen molar-refractivity contribution in [3.8, 4) is 0 Å². The monoisotopic (exact) mass is 235 g/mol. The summed E-state index contributed by atoms with van der Waals surface area (Å²) in [6.45, 7) is 2.07. The molecule has 0 spiro atoms. The molecule has 0 saturated carbocycles. The summed E-state index contributed by atoms with van der Waals surface area (Å²) in [5.74, 6) is 0. The van der Waals surface area contributed by atoms with Crippen LogP contribution in [0.3, 0.4) is 0 Å². The first-order valence-corrected chi connectivity index (χ1v) is 6.44. The van der Waals surface area contributed by atoms with Crippen molar-refractivity contribution < 1.29 is 0 Å². The number of nitrogens with zero attached hydrogens (tertiary/aromatic N) is 2. The van der Waals surface area contributed by atoms with Gasteiger partial charge in [-0.2, -0.15) is 5.10 Å². The Kier molecular flexibility index (Phi) is 4.13. The number of hydrogen-bond acceptors (Lipinski definition) is 3. The van der Waals surface area contributed by atoms with Crippen LogP contribution < -0.4 is 5.32 Å². The number of nitrogens with one attached hydrogen (secondary N) is 1. The molecule has 0 unspecified atom stereocenters. The summed E-state index contributed by atoms with van der Waals surface area (Å²) in [7, 11) is 1.99. The molecule has 0 bridgehead atoms. The molecular formula is C12H17N3S. The Morgan fingerprint density at radius 1 is 1.31 bits per heavy atom. The Bertz CT molecular complexity index is 406. The summed E-state index contributed by atoms with van der Waals surface area (Å²) in [5.41, 5.74) is 1.28. The standard InChI is InChI=1S/C12H17N3S/c1-15-11(5-9-14-15)4-7-13-8-6-12-3-2-10-16-12/h2-3,5,9-10,13H,4,6-8H2,1H3. The predicted octanol–water partition coefficient (Wildman–Crippen LogP) is 1.86. The zero-order chi connectivity index (χ0) is 11.2. The fourth-order valence-corrected chi connectivity index (χ4v) is 2.36. The molecule has 16 heavy (non-hydrogen) atoms. The highest BCUT2D eigenvalue weighted by Crippen LogP contribution is 2.08. The van der Waals surface area contributed by atoms with E-state index < -0.39 is 0 Å². The van der Waals surface area contributed by atoms with Crippen LogP contribution in [0.15, 0.2) is 29.8 Å². The molecule has 2 heterocycles. The number of aryl methyl sites for hydroxylation is 1. The molecule has 0 aromatic carbocycles. The summed E-state index contributed by atoms with van der Waals surface area (Å²) in [6.07, 6.45) is 4.02. The van der Waals surface area contributed by atoms with E-state index in [1.54, 1.807) is 0 Å². The predicted molar refractivity (Wildman–Crippen MR) is 67.8 cm³/mol. The van der Waals surface area contributed by atoms with Gasteiger partial charge in [-0.25, -0.2) is 0 Å². The summed E-state index contributed by atoms with van der Waals surface area (Å²) in [6, 6.07) is 6.37. The number of aromatic nitrogens is 2. The summed E-state index contributed by atoms with van der Waals surface area (Å²) in [5, 5.41) is 9.73. The van der Waals surface area contributed by atoms with Crippen LogP contribution in [0.5, 0.6) is 0 Å². The van der Waals surface area contributed by atoms with Crippen molar-refractivity contribution in [2.45, 2.75) is 12.8 Å². The van der Waals surface area contributed by atoms with Crippen LogP contribution in [-0.4, -0.2) is 22.9 Å². The van der Waals surface area contributed by atoms with Crippen LogP contribution >= 0.6 is 11.3 Å². The smallest absolute Gasteiger partial charge is 0.0492 e. The number of thiophene rings is 1. The van der Waals surface area contributed by atoms with Crippen molar-refractivity contribution in [3.05, 3.63) is 40.3 Å². The van der Waals surface area contributed by atoms with Gasteiger partial charge >= 0.3 is 0 Å². The Balaban J connectivity index is 1.61. The topological polar surface area (TPSA) is 29.9 Å². The molecule has 0 aliphatic heterocycles. The maximum Gasteiger partial charge on any atom is 0.0492 e. The Hall–Kier alpha value is -1.13. The van der Waals surface area contributed by atoms with Gasteiger partial charge in [-0.1, -0.05) is 6.07 Å². The minimum absolute atomic E-state index is 1.02. The molecule has 0 amide bonds. The quantitative estimate of drug-likeness (QED) is 0.775. The molecule has 0 fully saturated rings. The fraction of sp³-hybridized carbons (Fsp3) is 0.417. The molecule has 1 N–H and O–H groups in total. The van der Waals surface area contributed by atoms with Crippen LogP contribution in [0.4, 0.5) is 0 Å². The first-order valence-electron chi connectivity index (χ1n) is 5.56. The molecule has 0 aliphatic rings. The first-order chi connectivity index (χ1) is 7.86. The van der Waals surface area contributed by atoms with Crippen LogP contribution in [0, 0.1) is 0 Å². The van der Waals surface area contributed by atoms with Gasteiger partial charge in [0.2, 0.25) is 0 Å². The van der Waals surface area contributed by atoms with Gasteiger partial charge in [0.05, 0.1) is 0 Å². The fourth-order valence-electron chi connectivity index (χ4n) is 1.65. The second-order valence-corrected chi connectivity index (χ2v) is 4.81. The van der Waals surface area contributed by atoms with E-state index in [0.29, 0.717) is 0 Å². The third-order valence-electron chi connectivity index (χ3n) is 2.61. The SMILES string of the molecule is Cn1nccc1CCNCCc1cccs1. The van der Waals surface area contributed by atoms with Crippen LogP contribution in [-0.2, 0) is 19.9 Å². The third kappa shape index (κ3) is 3.18. The average Bonchev–Trinajstić information content (AvgIpc) is 2.90. The molecule has 86 valence electrons. The van der Waals surface area contributed by atoms with E-state index in [4.69, 9.17) is 0 Å². The van der Waals surface area contributed by atoms with Crippen LogP contribution in [0.25, 0.3) is 0 Å². The van der Waals surface area contributed by atoms with E-state index in [9.17, 15) is 0 Å². The summed E-state index contributed by atoms with van der Waals surface area (Å²) < 4.78 is 1.93. The minimum atomic E-state index is 1.02. The molecule has 0 saturated heterocycles. The van der Waals surface area contributed by atoms with E-state index in [-0.39, 0.29) is 0 Å². The van der Waals surface area contributed by atoms with Crippen LogP contribution in [0.1, 0.15) is 10.6 Å². The van der Waals surface area contributed by atoms with Gasteiger partial charge in [0, 0.05) is 36.8 Å². The maximum atomic E-state index is 4.15. The summed E-state index contributed by atoms with van der Waals surface area (Å²) in [4.78, 5) is 1.45. The van der Waals surface area contributed by atoms with Crippen LogP contribution in [0.2, 0.25) is 0 Å². The van der Waals surface area contributed by atoms with Gasteiger partial charge in [-0.05, 0) is 30.5 Å². The largest absolute Gasteiger partial charge is 0.316 e. The van der Waals surface area contributed by atoms with Crippen molar-refractivity contribution in [2.75, 3.05) is 13.1 Å². The Morgan fingerprint density at radius 3 is 2.88 bits per heavy atom. The number of rotatable bonds is 6. The van der Waals surface area contributed by atoms with E-state index in [1.807, 2.05) is 29.3 Å². The molecule has 3 nitrogen and oxygen atoms in total.